The molecule has 3 rings (SSSR count). The largest absolute Gasteiger partial charge is 0.382 e. The van der Waals surface area contributed by atoms with Gasteiger partial charge >= 0.3 is 0 Å². The summed E-state index contributed by atoms with van der Waals surface area (Å²) in [5, 5.41) is 1.80. The third kappa shape index (κ3) is 4.63. The summed E-state index contributed by atoms with van der Waals surface area (Å²) in [5.74, 6) is 1.10. The first-order valence-corrected chi connectivity index (χ1v) is 9.70. The Hall–Kier alpha value is -1.90. The van der Waals surface area contributed by atoms with Crippen LogP contribution in [0.25, 0.3) is 0 Å². The van der Waals surface area contributed by atoms with Crippen LogP contribution >= 0.6 is 11.3 Å². The summed E-state index contributed by atoms with van der Waals surface area (Å²) >= 11 is 1.45. The lowest BCUT2D eigenvalue weighted by atomic mass is 9.90. The topological polar surface area (TPSA) is 77.4 Å². The molecule has 1 aliphatic rings. The van der Waals surface area contributed by atoms with E-state index >= 15 is 0 Å². The van der Waals surface area contributed by atoms with Gasteiger partial charge in [0.15, 0.2) is 0 Å². The van der Waals surface area contributed by atoms with Crippen molar-refractivity contribution in [1.82, 2.24) is 19.9 Å². The van der Waals surface area contributed by atoms with E-state index in [0.29, 0.717) is 44.5 Å². The fourth-order valence-electron chi connectivity index (χ4n) is 3.14. The fraction of sp³-hybridized carbons (Fsp3) is 0.556. The van der Waals surface area contributed by atoms with Gasteiger partial charge in [0.05, 0.1) is 31.0 Å². The van der Waals surface area contributed by atoms with Crippen LogP contribution in [-0.4, -0.2) is 59.2 Å². The Morgan fingerprint density at radius 3 is 2.81 bits per heavy atom. The van der Waals surface area contributed by atoms with Gasteiger partial charge in [-0.3, -0.25) is 4.79 Å². The van der Waals surface area contributed by atoms with Crippen molar-refractivity contribution in [3.63, 3.8) is 0 Å². The number of aryl methyl sites for hydroxylation is 1. The Balaban J connectivity index is 1.63. The lowest BCUT2D eigenvalue weighted by molar-refractivity contribution is 0.0604. The summed E-state index contributed by atoms with van der Waals surface area (Å²) in [6.07, 6.45) is 3.63. The first kappa shape index (κ1) is 18.9. The average molecular weight is 376 g/mol. The van der Waals surface area contributed by atoms with Crippen LogP contribution in [0.4, 0.5) is 0 Å². The van der Waals surface area contributed by atoms with Crippen molar-refractivity contribution < 1.29 is 14.3 Å². The molecule has 0 spiro atoms. The molecule has 0 saturated carbocycles. The highest BCUT2D eigenvalue weighted by Crippen LogP contribution is 2.30. The maximum absolute atomic E-state index is 12.4. The minimum absolute atomic E-state index is 0.0201. The fourth-order valence-corrected chi connectivity index (χ4v) is 3.66. The number of ether oxygens (including phenoxy) is 2. The summed E-state index contributed by atoms with van der Waals surface area (Å²) in [4.78, 5) is 27.4. The van der Waals surface area contributed by atoms with E-state index in [2.05, 4.69) is 15.0 Å². The molecule has 140 valence electrons. The Bertz CT molecular complexity index is 715. The molecule has 0 atom stereocenters. The number of carbonyl (C=O) groups is 1. The van der Waals surface area contributed by atoms with Crippen LogP contribution in [0.3, 0.4) is 0 Å². The third-order valence-corrected chi connectivity index (χ3v) is 5.11. The predicted molar refractivity (Wildman–Crippen MR) is 98.3 cm³/mol. The van der Waals surface area contributed by atoms with Crippen molar-refractivity contribution in [2.24, 2.45) is 0 Å². The molecule has 0 aliphatic carbocycles. The highest BCUT2D eigenvalue weighted by Gasteiger charge is 2.27. The molecule has 26 heavy (non-hydrogen) atoms. The minimum Gasteiger partial charge on any atom is -0.382 e. The van der Waals surface area contributed by atoms with Crippen molar-refractivity contribution in [3.05, 3.63) is 39.9 Å². The van der Waals surface area contributed by atoms with Crippen LogP contribution in [0.5, 0.6) is 0 Å². The third-order valence-electron chi connectivity index (χ3n) is 4.53. The molecule has 0 bridgehead atoms. The molecule has 1 fully saturated rings. The van der Waals surface area contributed by atoms with Gasteiger partial charge in [0.2, 0.25) is 0 Å². The van der Waals surface area contributed by atoms with Gasteiger partial charge in [0.1, 0.15) is 11.5 Å². The highest BCUT2D eigenvalue weighted by molar-refractivity contribution is 7.07. The zero-order valence-corrected chi connectivity index (χ0v) is 16.0. The van der Waals surface area contributed by atoms with E-state index in [9.17, 15) is 4.79 Å². The van der Waals surface area contributed by atoms with Crippen LogP contribution in [0.15, 0.2) is 17.1 Å². The Labute approximate surface area is 157 Å². The van der Waals surface area contributed by atoms with Crippen molar-refractivity contribution in [3.8, 4) is 0 Å². The van der Waals surface area contributed by atoms with E-state index < -0.39 is 0 Å². The number of hydrogen-bond donors (Lipinski definition) is 0. The van der Waals surface area contributed by atoms with Gasteiger partial charge in [-0.05, 0) is 19.8 Å². The second kappa shape index (κ2) is 9.16. The second-order valence-electron chi connectivity index (χ2n) is 6.31. The molecule has 0 N–H and O–H groups in total. The van der Waals surface area contributed by atoms with Crippen LogP contribution in [0, 0.1) is 6.92 Å². The zero-order chi connectivity index (χ0) is 18.4. The number of likely N-dealkylation sites (tertiary alicyclic amines) is 1. The van der Waals surface area contributed by atoms with Gasteiger partial charge in [0, 0.05) is 43.3 Å². The number of rotatable bonds is 7. The maximum atomic E-state index is 12.4. The number of carbonyl (C=O) groups excluding carboxylic acids is 1. The predicted octanol–water partition coefficient (Wildman–Crippen LogP) is 2.42. The van der Waals surface area contributed by atoms with E-state index in [1.54, 1.807) is 18.0 Å². The molecule has 2 aromatic heterocycles. The number of aromatic nitrogens is 3. The standard InChI is InChI=1S/C18H24N4O3S/c1-13-19-9-15(10-25-8-7-24-2)17(21-13)14-3-5-22(6-4-14)18(23)16-11-26-12-20-16/h9,11-12,14H,3-8,10H2,1-2H3. The molecule has 0 unspecified atom stereocenters. The molecule has 3 heterocycles. The number of hydrogen-bond acceptors (Lipinski definition) is 7. The Morgan fingerprint density at radius 2 is 2.12 bits per heavy atom. The van der Waals surface area contributed by atoms with E-state index in [1.807, 2.05) is 18.0 Å². The number of nitrogens with zero attached hydrogens (tertiary/aromatic N) is 4. The Morgan fingerprint density at radius 1 is 1.31 bits per heavy atom. The average Bonchev–Trinajstić information content (AvgIpc) is 3.20. The van der Waals surface area contributed by atoms with E-state index in [0.717, 1.165) is 29.9 Å². The molecule has 1 saturated heterocycles. The van der Waals surface area contributed by atoms with Crippen molar-refractivity contribution in [2.45, 2.75) is 32.3 Å². The van der Waals surface area contributed by atoms with Crippen LogP contribution in [-0.2, 0) is 16.1 Å². The molecule has 8 heteroatoms. The molecule has 7 nitrogen and oxygen atoms in total. The quantitative estimate of drug-likeness (QED) is 0.691. The summed E-state index contributed by atoms with van der Waals surface area (Å²) in [6.45, 7) is 4.93. The monoisotopic (exact) mass is 376 g/mol. The second-order valence-corrected chi connectivity index (χ2v) is 7.03. The van der Waals surface area contributed by atoms with Crippen molar-refractivity contribution in [1.29, 1.82) is 0 Å². The normalized spacial score (nSPS) is 15.4. The summed E-state index contributed by atoms with van der Waals surface area (Å²) < 4.78 is 10.7. The van der Waals surface area contributed by atoms with E-state index in [-0.39, 0.29) is 5.91 Å². The van der Waals surface area contributed by atoms with Gasteiger partial charge in [0.25, 0.3) is 5.91 Å². The molecular formula is C18H24N4O3S. The number of amides is 1. The van der Waals surface area contributed by atoms with Gasteiger partial charge in [-0.1, -0.05) is 0 Å². The summed E-state index contributed by atoms with van der Waals surface area (Å²) in [5.41, 5.74) is 4.31. The Kier molecular flexibility index (Phi) is 6.65. The molecular weight excluding hydrogens is 352 g/mol. The zero-order valence-electron chi connectivity index (χ0n) is 15.2. The minimum atomic E-state index is 0.0201. The highest BCUT2D eigenvalue weighted by atomic mass is 32.1. The maximum Gasteiger partial charge on any atom is 0.273 e. The first-order valence-electron chi connectivity index (χ1n) is 8.75. The summed E-state index contributed by atoms with van der Waals surface area (Å²) in [6, 6.07) is 0. The molecule has 1 amide bonds. The van der Waals surface area contributed by atoms with Gasteiger partial charge in [-0.25, -0.2) is 15.0 Å². The molecule has 0 radical (unpaired) electrons. The van der Waals surface area contributed by atoms with Crippen LogP contribution < -0.4 is 0 Å². The lowest BCUT2D eigenvalue weighted by Crippen LogP contribution is -2.38. The van der Waals surface area contributed by atoms with E-state index in [1.165, 1.54) is 11.3 Å². The van der Waals surface area contributed by atoms with Crippen molar-refractivity contribution in [2.75, 3.05) is 33.4 Å². The van der Waals surface area contributed by atoms with Crippen LogP contribution in [0.1, 0.15) is 46.3 Å². The molecule has 2 aromatic rings. The first-order chi connectivity index (χ1) is 12.7. The SMILES string of the molecule is COCCOCc1cnc(C)nc1C1CCN(C(=O)c2cscn2)CC1. The number of thiazole rings is 1. The van der Waals surface area contributed by atoms with E-state index in [4.69, 9.17) is 9.47 Å². The van der Waals surface area contributed by atoms with Gasteiger partial charge < -0.3 is 14.4 Å². The van der Waals surface area contributed by atoms with Gasteiger partial charge in [-0.15, -0.1) is 11.3 Å². The molecule has 0 aromatic carbocycles. The smallest absolute Gasteiger partial charge is 0.273 e. The number of methoxy groups -OCH3 is 1. The molecule has 1 aliphatic heterocycles. The number of piperidine rings is 1. The summed E-state index contributed by atoms with van der Waals surface area (Å²) in [7, 11) is 1.66. The lowest BCUT2D eigenvalue weighted by Gasteiger charge is -2.32. The van der Waals surface area contributed by atoms with Gasteiger partial charge in [-0.2, -0.15) is 0 Å². The van der Waals surface area contributed by atoms with Crippen molar-refractivity contribution >= 4 is 17.2 Å². The van der Waals surface area contributed by atoms with Crippen LogP contribution in [0.2, 0.25) is 0 Å².